The van der Waals surface area contributed by atoms with E-state index < -0.39 is 0 Å². The fourth-order valence-corrected chi connectivity index (χ4v) is 1.85. The van der Waals surface area contributed by atoms with Crippen LogP contribution in [0.2, 0.25) is 0 Å². The Labute approximate surface area is 121 Å². The largest absolute Gasteiger partial charge is 0.494 e. The number of rotatable bonds is 9. The van der Waals surface area contributed by atoms with Crippen LogP contribution in [0.15, 0.2) is 30.3 Å². The van der Waals surface area contributed by atoms with E-state index in [2.05, 4.69) is 24.5 Å². The van der Waals surface area contributed by atoms with E-state index in [1.54, 1.807) is 0 Å². The molecule has 1 amide bonds. The number of hydrogen-bond donors (Lipinski definition) is 2. The van der Waals surface area contributed by atoms with Crippen LogP contribution >= 0.6 is 0 Å². The lowest BCUT2D eigenvalue weighted by molar-refractivity contribution is -0.124. The lowest BCUT2D eigenvalue weighted by Crippen LogP contribution is -2.40. The molecule has 0 aromatic heterocycles. The Balaban J connectivity index is 2.18. The molecule has 0 aliphatic heterocycles. The van der Waals surface area contributed by atoms with Gasteiger partial charge in [0, 0.05) is 18.5 Å². The molecule has 1 aromatic carbocycles. The number of para-hydroxylation sites is 1. The summed E-state index contributed by atoms with van der Waals surface area (Å²) < 4.78 is 5.60. The highest BCUT2D eigenvalue weighted by Crippen LogP contribution is 2.10. The van der Waals surface area contributed by atoms with Crippen molar-refractivity contribution in [3.8, 4) is 5.75 Å². The number of carbonyl (C=O) groups is 1. The van der Waals surface area contributed by atoms with Gasteiger partial charge in [-0.25, -0.2) is 0 Å². The third kappa shape index (κ3) is 6.57. The zero-order valence-corrected chi connectivity index (χ0v) is 12.7. The maximum Gasteiger partial charge on any atom is 0.223 e. The van der Waals surface area contributed by atoms with Crippen molar-refractivity contribution in [1.82, 2.24) is 10.6 Å². The topological polar surface area (TPSA) is 50.4 Å². The molecule has 2 N–H and O–H groups in total. The van der Waals surface area contributed by atoms with Gasteiger partial charge in [0.2, 0.25) is 5.91 Å². The molecule has 0 spiro atoms. The Morgan fingerprint density at radius 2 is 1.95 bits per heavy atom. The molecule has 1 rings (SSSR count). The van der Waals surface area contributed by atoms with Crippen LogP contribution < -0.4 is 15.4 Å². The van der Waals surface area contributed by atoms with Gasteiger partial charge in [-0.3, -0.25) is 4.79 Å². The van der Waals surface area contributed by atoms with Crippen LogP contribution in [-0.4, -0.2) is 31.6 Å². The van der Waals surface area contributed by atoms with Crippen molar-refractivity contribution in [2.75, 3.05) is 19.7 Å². The highest BCUT2D eigenvalue weighted by Gasteiger charge is 2.13. The van der Waals surface area contributed by atoms with E-state index in [0.29, 0.717) is 19.2 Å². The van der Waals surface area contributed by atoms with E-state index in [9.17, 15) is 4.79 Å². The molecular formula is C16H26N2O2. The van der Waals surface area contributed by atoms with Gasteiger partial charge in [-0.05, 0) is 32.0 Å². The van der Waals surface area contributed by atoms with Gasteiger partial charge in [-0.2, -0.15) is 0 Å². The highest BCUT2D eigenvalue weighted by atomic mass is 16.5. The van der Waals surface area contributed by atoms with Crippen LogP contribution in [0.25, 0.3) is 0 Å². The van der Waals surface area contributed by atoms with E-state index in [0.717, 1.165) is 18.7 Å². The third-order valence-corrected chi connectivity index (χ3v) is 3.15. The van der Waals surface area contributed by atoms with Crippen LogP contribution in [0.1, 0.15) is 27.2 Å². The summed E-state index contributed by atoms with van der Waals surface area (Å²) >= 11 is 0. The van der Waals surface area contributed by atoms with Gasteiger partial charge in [-0.1, -0.05) is 32.0 Å². The molecule has 0 fully saturated rings. The second-order valence-corrected chi connectivity index (χ2v) is 5.06. The summed E-state index contributed by atoms with van der Waals surface area (Å²) in [5.74, 6) is 0.903. The van der Waals surface area contributed by atoms with Crippen molar-refractivity contribution in [3.63, 3.8) is 0 Å². The molecule has 1 aromatic rings. The SMILES string of the molecule is CCN[C@H](C)CNC(=O)C(C)CCOc1ccccc1. The second kappa shape index (κ2) is 9.37. The molecule has 2 atom stereocenters. The lowest BCUT2D eigenvalue weighted by atomic mass is 10.1. The first-order valence-electron chi connectivity index (χ1n) is 7.32. The Morgan fingerprint density at radius 3 is 2.60 bits per heavy atom. The average molecular weight is 278 g/mol. The van der Waals surface area contributed by atoms with Crippen molar-refractivity contribution in [2.24, 2.45) is 5.92 Å². The maximum atomic E-state index is 11.9. The minimum Gasteiger partial charge on any atom is -0.494 e. The first-order valence-corrected chi connectivity index (χ1v) is 7.32. The Hall–Kier alpha value is -1.55. The molecule has 0 aliphatic carbocycles. The number of hydrogen-bond acceptors (Lipinski definition) is 3. The second-order valence-electron chi connectivity index (χ2n) is 5.06. The van der Waals surface area contributed by atoms with Crippen molar-refractivity contribution in [3.05, 3.63) is 30.3 Å². The molecule has 1 unspecified atom stereocenters. The molecule has 0 saturated carbocycles. The minimum atomic E-state index is -0.0347. The van der Waals surface area contributed by atoms with Crippen LogP contribution in [0.5, 0.6) is 5.75 Å². The van der Waals surface area contributed by atoms with Crippen LogP contribution in [0.4, 0.5) is 0 Å². The summed E-state index contributed by atoms with van der Waals surface area (Å²) in [6, 6.07) is 9.97. The normalized spacial score (nSPS) is 13.6. The van der Waals surface area contributed by atoms with Crippen molar-refractivity contribution in [1.29, 1.82) is 0 Å². The average Bonchev–Trinajstić information content (AvgIpc) is 2.46. The van der Waals surface area contributed by atoms with E-state index >= 15 is 0 Å². The van der Waals surface area contributed by atoms with Crippen molar-refractivity contribution >= 4 is 5.91 Å². The van der Waals surface area contributed by atoms with E-state index in [1.165, 1.54) is 0 Å². The number of benzene rings is 1. The fraction of sp³-hybridized carbons (Fsp3) is 0.562. The summed E-state index contributed by atoms with van der Waals surface area (Å²) in [4.78, 5) is 11.9. The first kappa shape index (κ1) is 16.5. The number of nitrogens with one attached hydrogen (secondary N) is 2. The standard InChI is InChI=1S/C16H26N2O2/c1-4-17-14(3)12-18-16(19)13(2)10-11-20-15-8-6-5-7-9-15/h5-9,13-14,17H,4,10-12H2,1-3H3,(H,18,19)/t13?,14-/m1/s1. The zero-order valence-electron chi connectivity index (χ0n) is 12.7. The first-order chi connectivity index (χ1) is 9.63. The maximum absolute atomic E-state index is 11.9. The van der Waals surface area contributed by atoms with Crippen LogP contribution in [0, 0.1) is 5.92 Å². The molecule has 4 heteroatoms. The van der Waals surface area contributed by atoms with Gasteiger partial charge in [-0.15, -0.1) is 0 Å². The van der Waals surface area contributed by atoms with Gasteiger partial charge in [0.15, 0.2) is 0 Å². The summed E-state index contributed by atoms with van der Waals surface area (Å²) in [7, 11) is 0. The lowest BCUT2D eigenvalue weighted by Gasteiger charge is -2.16. The minimum absolute atomic E-state index is 0.0347. The summed E-state index contributed by atoms with van der Waals surface area (Å²) in [5.41, 5.74) is 0. The molecule has 0 bridgehead atoms. The van der Waals surface area contributed by atoms with E-state index in [4.69, 9.17) is 4.74 Å². The third-order valence-electron chi connectivity index (χ3n) is 3.15. The van der Waals surface area contributed by atoms with E-state index in [1.807, 2.05) is 37.3 Å². The zero-order chi connectivity index (χ0) is 14.8. The van der Waals surface area contributed by atoms with Gasteiger partial charge in [0.1, 0.15) is 5.75 Å². The Bertz CT molecular complexity index is 381. The molecule has 0 saturated heterocycles. The number of amides is 1. The smallest absolute Gasteiger partial charge is 0.223 e. The quantitative estimate of drug-likeness (QED) is 0.728. The summed E-state index contributed by atoms with van der Waals surface area (Å²) in [6.45, 7) is 8.19. The van der Waals surface area contributed by atoms with Crippen molar-refractivity contribution in [2.45, 2.75) is 33.2 Å². The Kier molecular flexibility index (Phi) is 7.73. The molecule has 0 radical (unpaired) electrons. The number of likely N-dealkylation sites (N-methyl/N-ethyl adjacent to an activating group) is 1. The molecule has 0 aliphatic rings. The molecular weight excluding hydrogens is 252 g/mol. The van der Waals surface area contributed by atoms with Gasteiger partial charge < -0.3 is 15.4 Å². The molecule has 0 heterocycles. The van der Waals surface area contributed by atoms with Gasteiger partial charge >= 0.3 is 0 Å². The summed E-state index contributed by atoms with van der Waals surface area (Å²) in [6.07, 6.45) is 0.719. The van der Waals surface area contributed by atoms with Crippen LogP contribution in [0.3, 0.4) is 0 Å². The predicted octanol–water partition coefficient (Wildman–Crippen LogP) is 2.21. The predicted molar refractivity (Wildman–Crippen MR) is 81.9 cm³/mol. The van der Waals surface area contributed by atoms with Crippen molar-refractivity contribution < 1.29 is 9.53 Å². The molecule has 20 heavy (non-hydrogen) atoms. The van der Waals surface area contributed by atoms with Gasteiger partial charge in [0.05, 0.1) is 6.61 Å². The monoisotopic (exact) mass is 278 g/mol. The van der Waals surface area contributed by atoms with Gasteiger partial charge in [0.25, 0.3) is 0 Å². The van der Waals surface area contributed by atoms with E-state index in [-0.39, 0.29) is 11.8 Å². The Morgan fingerprint density at radius 1 is 1.25 bits per heavy atom. The molecule has 112 valence electrons. The fourth-order valence-electron chi connectivity index (χ4n) is 1.85. The number of ether oxygens (including phenoxy) is 1. The summed E-state index contributed by atoms with van der Waals surface area (Å²) in [5, 5.41) is 6.22. The number of carbonyl (C=O) groups excluding carboxylic acids is 1. The van der Waals surface area contributed by atoms with Crippen LogP contribution in [-0.2, 0) is 4.79 Å². The highest BCUT2D eigenvalue weighted by molar-refractivity contribution is 5.78. The molecule has 4 nitrogen and oxygen atoms in total.